The quantitative estimate of drug-likeness (QED) is 0.619. The summed E-state index contributed by atoms with van der Waals surface area (Å²) in [7, 11) is 0. The summed E-state index contributed by atoms with van der Waals surface area (Å²) in [5.41, 5.74) is 1.11. The highest BCUT2D eigenvalue weighted by Gasteiger charge is 2.33. The third-order valence-corrected chi connectivity index (χ3v) is 6.18. The lowest BCUT2D eigenvalue weighted by atomic mass is 10.0. The van der Waals surface area contributed by atoms with Crippen LogP contribution in [0.4, 0.5) is 4.79 Å². The molecule has 0 bridgehead atoms. The predicted octanol–water partition coefficient (Wildman–Crippen LogP) is 4.12. The highest BCUT2D eigenvalue weighted by Crippen LogP contribution is 2.34. The molecule has 2 aromatic rings. The van der Waals surface area contributed by atoms with E-state index in [2.05, 4.69) is 18.0 Å². The topological polar surface area (TPSA) is 61.9 Å². The van der Waals surface area contributed by atoms with Crippen LogP contribution in [-0.2, 0) is 11.2 Å². The van der Waals surface area contributed by atoms with E-state index in [1.165, 1.54) is 9.78 Å². The summed E-state index contributed by atoms with van der Waals surface area (Å²) in [5, 5.41) is 5.44. The Morgan fingerprint density at radius 2 is 2.13 bits per heavy atom. The molecule has 1 aliphatic rings. The molecule has 0 fully saturated rings. The molecule has 1 aliphatic heterocycles. The zero-order valence-electron chi connectivity index (χ0n) is 17.0. The van der Waals surface area contributed by atoms with Gasteiger partial charge in [-0.05, 0) is 54.6 Å². The number of carbonyl (C=O) groups excluding carboxylic acids is 2. The van der Waals surface area contributed by atoms with Crippen molar-refractivity contribution in [2.45, 2.75) is 19.4 Å². The van der Waals surface area contributed by atoms with Gasteiger partial charge in [-0.2, -0.15) is 0 Å². The van der Waals surface area contributed by atoms with Crippen molar-refractivity contribution in [2.75, 3.05) is 32.8 Å². The normalized spacial score (nSPS) is 15.3. The number of nitrogens with zero attached hydrogens (tertiary/aromatic N) is 2. The molecule has 160 valence electrons. The van der Waals surface area contributed by atoms with E-state index in [-0.39, 0.29) is 24.5 Å². The van der Waals surface area contributed by atoms with Gasteiger partial charge in [0.15, 0.2) is 0 Å². The van der Waals surface area contributed by atoms with Crippen LogP contribution in [-0.4, -0.2) is 54.5 Å². The van der Waals surface area contributed by atoms with Gasteiger partial charge < -0.3 is 19.9 Å². The summed E-state index contributed by atoms with van der Waals surface area (Å²) in [4.78, 5) is 30.0. The SMILES string of the molecule is C=CCN(CC(=O)N1CCc2sccc2[C@@H]1COc1ccc(Cl)cc1)C(=O)NCC. The van der Waals surface area contributed by atoms with Crippen molar-refractivity contribution in [2.24, 2.45) is 0 Å². The fourth-order valence-corrected chi connectivity index (χ4v) is 4.53. The summed E-state index contributed by atoms with van der Waals surface area (Å²) < 4.78 is 5.99. The number of rotatable bonds is 8. The van der Waals surface area contributed by atoms with Gasteiger partial charge in [0.1, 0.15) is 18.9 Å². The first kappa shape index (κ1) is 22.2. The maximum Gasteiger partial charge on any atom is 0.318 e. The molecule has 0 aliphatic carbocycles. The van der Waals surface area contributed by atoms with Gasteiger partial charge in [-0.15, -0.1) is 17.9 Å². The summed E-state index contributed by atoms with van der Waals surface area (Å²) in [5.74, 6) is 0.592. The Morgan fingerprint density at radius 1 is 1.37 bits per heavy atom. The van der Waals surface area contributed by atoms with E-state index >= 15 is 0 Å². The van der Waals surface area contributed by atoms with E-state index in [0.29, 0.717) is 37.0 Å². The van der Waals surface area contributed by atoms with E-state index in [9.17, 15) is 9.59 Å². The Hall–Kier alpha value is -2.51. The third kappa shape index (κ3) is 5.34. The Balaban J connectivity index is 1.75. The van der Waals surface area contributed by atoms with Gasteiger partial charge >= 0.3 is 6.03 Å². The Labute approximate surface area is 186 Å². The largest absolute Gasteiger partial charge is 0.491 e. The molecule has 0 saturated carbocycles. The van der Waals surface area contributed by atoms with Crippen LogP contribution < -0.4 is 10.1 Å². The lowest BCUT2D eigenvalue weighted by molar-refractivity contribution is -0.135. The van der Waals surface area contributed by atoms with Gasteiger partial charge in [0.05, 0.1) is 6.04 Å². The van der Waals surface area contributed by atoms with Gasteiger partial charge in [0, 0.05) is 29.5 Å². The van der Waals surface area contributed by atoms with Crippen molar-refractivity contribution in [3.8, 4) is 5.75 Å². The molecule has 1 atom stereocenters. The second-order valence-electron chi connectivity index (χ2n) is 6.92. The number of carbonyl (C=O) groups is 2. The van der Waals surface area contributed by atoms with Crippen molar-refractivity contribution >= 4 is 34.9 Å². The molecular weight excluding hydrogens is 422 g/mol. The highest BCUT2D eigenvalue weighted by atomic mass is 35.5. The number of benzene rings is 1. The van der Waals surface area contributed by atoms with Crippen LogP contribution in [0.2, 0.25) is 5.02 Å². The van der Waals surface area contributed by atoms with Crippen molar-refractivity contribution in [1.82, 2.24) is 15.1 Å². The van der Waals surface area contributed by atoms with Crippen LogP contribution in [0.1, 0.15) is 23.4 Å². The number of hydrogen-bond donors (Lipinski definition) is 1. The van der Waals surface area contributed by atoms with Crippen molar-refractivity contribution in [3.63, 3.8) is 0 Å². The first-order chi connectivity index (χ1) is 14.5. The van der Waals surface area contributed by atoms with Gasteiger partial charge in [0.25, 0.3) is 0 Å². The molecule has 1 aromatic heterocycles. The maximum absolute atomic E-state index is 13.2. The van der Waals surface area contributed by atoms with Crippen LogP contribution in [0.3, 0.4) is 0 Å². The lowest BCUT2D eigenvalue weighted by Crippen LogP contribution is -2.49. The Morgan fingerprint density at radius 3 is 2.83 bits per heavy atom. The van der Waals surface area contributed by atoms with Gasteiger partial charge in [-0.3, -0.25) is 4.79 Å². The minimum atomic E-state index is -0.270. The Kier molecular flexibility index (Phi) is 7.76. The smallest absolute Gasteiger partial charge is 0.318 e. The summed E-state index contributed by atoms with van der Waals surface area (Å²) >= 11 is 7.65. The number of urea groups is 1. The fourth-order valence-electron chi connectivity index (χ4n) is 3.47. The highest BCUT2D eigenvalue weighted by molar-refractivity contribution is 7.10. The number of amides is 3. The molecule has 6 nitrogen and oxygen atoms in total. The second kappa shape index (κ2) is 10.5. The molecule has 1 aromatic carbocycles. The van der Waals surface area contributed by atoms with E-state index in [4.69, 9.17) is 16.3 Å². The minimum Gasteiger partial charge on any atom is -0.491 e. The molecule has 0 spiro atoms. The molecule has 1 N–H and O–H groups in total. The maximum atomic E-state index is 13.2. The monoisotopic (exact) mass is 447 g/mol. The molecule has 0 saturated heterocycles. The van der Waals surface area contributed by atoms with Crippen LogP contribution in [0, 0.1) is 0 Å². The molecule has 0 radical (unpaired) electrons. The second-order valence-corrected chi connectivity index (χ2v) is 8.36. The molecule has 3 amide bonds. The standard InChI is InChI=1S/C22H26ClN3O3S/c1-3-11-25(22(28)24-4-2)14-21(27)26-12-9-20-18(10-13-30-20)19(26)15-29-17-7-5-16(23)6-8-17/h3,5-8,10,13,19H,1,4,9,11-12,14-15H2,2H3,(H,24,28)/t19-/m0/s1. The lowest BCUT2D eigenvalue weighted by Gasteiger charge is -2.37. The number of nitrogens with one attached hydrogen (secondary N) is 1. The van der Waals surface area contributed by atoms with Crippen molar-refractivity contribution in [3.05, 3.63) is 63.8 Å². The van der Waals surface area contributed by atoms with Crippen molar-refractivity contribution in [1.29, 1.82) is 0 Å². The van der Waals surface area contributed by atoms with E-state index < -0.39 is 0 Å². The van der Waals surface area contributed by atoms with E-state index in [1.54, 1.807) is 29.5 Å². The zero-order valence-corrected chi connectivity index (χ0v) is 18.5. The fraction of sp³-hybridized carbons (Fsp3) is 0.364. The van der Waals surface area contributed by atoms with Gasteiger partial charge in [-0.1, -0.05) is 17.7 Å². The van der Waals surface area contributed by atoms with Crippen LogP contribution in [0.5, 0.6) is 5.75 Å². The zero-order chi connectivity index (χ0) is 21.5. The first-order valence-electron chi connectivity index (χ1n) is 9.91. The van der Waals surface area contributed by atoms with Gasteiger partial charge in [0.2, 0.25) is 5.91 Å². The average molecular weight is 448 g/mol. The van der Waals surface area contributed by atoms with Crippen LogP contribution in [0.25, 0.3) is 0 Å². The third-order valence-electron chi connectivity index (χ3n) is 4.93. The molecule has 30 heavy (non-hydrogen) atoms. The summed E-state index contributed by atoms with van der Waals surface area (Å²) in [6, 6.07) is 8.75. The number of halogens is 1. The van der Waals surface area contributed by atoms with Gasteiger partial charge in [-0.25, -0.2) is 4.79 Å². The number of thiophene rings is 1. The predicted molar refractivity (Wildman–Crippen MR) is 120 cm³/mol. The molecule has 3 rings (SSSR count). The first-order valence-corrected chi connectivity index (χ1v) is 11.2. The minimum absolute atomic E-state index is 0.00519. The average Bonchev–Trinajstić information content (AvgIpc) is 3.22. The molecular formula is C22H26ClN3O3S. The van der Waals surface area contributed by atoms with Crippen LogP contribution in [0.15, 0.2) is 48.4 Å². The van der Waals surface area contributed by atoms with Crippen LogP contribution >= 0.6 is 22.9 Å². The van der Waals surface area contributed by atoms with Crippen molar-refractivity contribution < 1.29 is 14.3 Å². The summed E-state index contributed by atoms with van der Waals surface area (Å²) in [6.07, 6.45) is 2.43. The Bertz CT molecular complexity index is 884. The molecule has 0 unspecified atom stereocenters. The molecule has 8 heteroatoms. The number of ether oxygens (including phenoxy) is 1. The van der Waals surface area contributed by atoms with E-state index in [0.717, 1.165) is 12.0 Å². The number of hydrogen-bond acceptors (Lipinski definition) is 4. The van der Waals surface area contributed by atoms with E-state index in [1.807, 2.05) is 29.3 Å². The molecule has 2 heterocycles. The summed E-state index contributed by atoms with van der Waals surface area (Å²) in [6.45, 7) is 7.27. The number of fused-ring (bicyclic) bond motifs is 1.